The first-order valence-corrected chi connectivity index (χ1v) is 10.8. The van der Waals surface area contributed by atoms with Gasteiger partial charge in [-0.25, -0.2) is 9.48 Å². The predicted molar refractivity (Wildman–Crippen MR) is 118 cm³/mol. The number of para-hydroxylation sites is 1. The van der Waals surface area contributed by atoms with E-state index in [1.54, 1.807) is 34.6 Å². The third-order valence-corrected chi connectivity index (χ3v) is 6.38. The Bertz CT molecular complexity index is 1370. The van der Waals surface area contributed by atoms with Gasteiger partial charge in [-0.05, 0) is 49.2 Å². The van der Waals surface area contributed by atoms with Gasteiger partial charge < -0.3 is 9.73 Å². The quantitative estimate of drug-likeness (QED) is 0.493. The number of amides is 1. The van der Waals surface area contributed by atoms with Crippen molar-refractivity contribution in [2.75, 3.05) is 5.32 Å². The van der Waals surface area contributed by atoms with Crippen LogP contribution in [0.25, 0.3) is 16.7 Å². The van der Waals surface area contributed by atoms with Gasteiger partial charge in [0.15, 0.2) is 0 Å². The number of aromatic nitrogens is 2. The van der Waals surface area contributed by atoms with Crippen LogP contribution in [0.1, 0.15) is 32.7 Å². The molecule has 0 aliphatic carbocycles. The molecule has 0 saturated carbocycles. The highest BCUT2D eigenvalue weighted by Crippen LogP contribution is 2.36. The molecule has 2 aromatic carbocycles. The van der Waals surface area contributed by atoms with Crippen LogP contribution < -0.4 is 10.9 Å². The number of nitrogens with one attached hydrogen (secondary N) is 1. The number of anilines is 1. The van der Waals surface area contributed by atoms with Crippen molar-refractivity contribution < 1.29 is 9.21 Å². The molecule has 0 bridgehead atoms. The molecule has 30 heavy (non-hydrogen) atoms. The molecule has 0 atom stereocenters. The molecule has 0 unspecified atom stereocenters. The largest absolute Gasteiger partial charge is 0.422 e. The minimum atomic E-state index is -0.658. The van der Waals surface area contributed by atoms with Crippen LogP contribution in [0.15, 0.2) is 57.7 Å². The van der Waals surface area contributed by atoms with Crippen molar-refractivity contribution in [1.29, 1.82) is 0 Å². The van der Waals surface area contributed by atoms with E-state index in [9.17, 15) is 9.59 Å². The lowest BCUT2D eigenvalue weighted by molar-refractivity contribution is 0.102. The number of hydrogen-bond donors (Lipinski definition) is 1. The molecule has 0 radical (unpaired) electrons. The van der Waals surface area contributed by atoms with E-state index in [0.717, 1.165) is 34.0 Å². The fraction of sp³-hybridized carbons (Fsp3) is 0.174. The highest BCUT2D eigenvalue weighted by molar-refractivity contribution is 7.98. The van der Waals surface area contributed by atoms with Crippen LogP contribution in [-0.2, 0) is 11.5 Å². The molecule has 1 aliphatic rings. The molecule has 7 heteroatoms. The fourth-order valence-corrected chi connectivity index (χ4v) is 4.62. The van der Waals surface area contributed by atoms with E-state index in [1.165, 1.54) is 5.56 Å². The molecule has 1 aliphatic heterocycles. The number of rotatable bonds is 3. The highest BCUT2D eigenvalue weighted by atomic mass is 32.2. The fourth-order valence-electron chi connectivity index (χ4n) is 3.58. The topological polar surface area (TPSA) is 77.1 Å². The van der Waals surface area contributed by atoms with Crippen molar-refractivity contribution in [3.63, 3.8) is 0 Å². The van der Waals surface area contributed by atoms with Crippen molar-refractivity contribution in [2.24, 2.45) is 0 Å². The van der Waals surface area contributed by atoms with Crippen molar-refractivity contribution in [1.82, 2.24) is 9.78 Å². The van der Waals surface area contributed by atoms with Gasteiger partial charge in [0.2, 0.25) is 0 Å². The highest BCUT2D eigenvalue weighted by Gasteiger charge is 2.26. The number of fused-ring (bicyclic) bond motifs is 2. The summed E-state index contributed by atoms with van der Waals surface area (Å²) in [5.74, 6) is 1.67. The number of carbonyl (C=O) groups is 1. The lowest BCUT2D eigenvalue weighted by Crippen LogP contribution is -2.22. The zero-order chi connectivity index (χ0) is 20.8. The second-order valence-corrected chi connectivity index (χ2v) is 8.37. The Morgan fingerprint density at radius 3 is 2.77 bits per heavy atom. The zero-order valence-corrected chi connectivity index (χ0v) is 17.4. The maximum Gasteiger partial charge on any atom is 0.349 e. The molecule has 1 N–H and O–H groups in total. The first-order valence-electron chi connectivity index (χ1n) is 9.61. The molecule has 6 nitrogen and oxygen atoms in total. The first-order chi connectivity index (χ1) is 14.5. The van der Waals surface area contributed by atoms with Gasteiger partial charge >= 0.3 is 5.63 Å². The smallest absolute Gasteiger partial charge is 0.349 e. The summed E-state index contributed by atoms with van der Waals surface area (Å²) in [7, 11) is 0. The average Bonchev–Trinajstić information content (AvgIpc) is 3.32. The monoisotopic (exact) mass is 417 g/mol. The van der Waals surface area contributed by atoms with E-state index in [1.807, 2.05) is 37.3 Å². The molecule has 0 spiro atoms. The van der Waals surface area contributed by atoms with Crippen LogP contribution in [0.4, 0.5) is 5.82 Å². The second kappa shape index (κ2) is 7.18. The van der Waals surface area contributed by atoms with Crippen LogP contribution >= 0.6 is 11.8 Å². The predicted octanol–water partition coefficient (Wildman–Crippen LogP) is 4.59. The van der Waals surface area contributed by atoms with Gasteiger partial charge in [-0.1, -0.05) is 24.3 Å². The summed E-state index contributed by atoms with van der Waals surface area (Å²) in [4.78, 5) is 25.5. The van der Waals surface area contributed by atoms with E-state index < -0.39 is 11.5 Å². The van der Waals surface area contributed by atoms with Crippen molar-refractivity contribution in [3.05, 3.63) is 86.9 Å². The van der Waals surface area contributed by atoms with Gasteiger partial charge in [-0.15, -0.1) is 0 Å². The number of aryl methyl sites for hydroxylation is 2. The third-order valence-electron chi connectivity index (χ3n) is 5.40. The summed E-state index contributed by atoms with van der Waals surface area (Å²) >= 11 is 1.75. The molecular formula is C23H19N3O3S. The number of nitrogens with zero attached hydrogens (tertiary/aromatic N) is 2. The van der Waals surface area contributed by atoms with Gasteiger partial charge in [-0.2, -0.15) is 16.9 Å². The van der Waals surface area contributed by atoms with Crippen LogP contribution in [0.2, 0.25) is 0 Å². The van der Waals surface area contributed by atoms with Gasteiger partial charge in [0.1, 0.15) is 17.0 Å². The van der Waals surface area contributed by atoms with E-state index in [4.69, 9.17) is 9.52 Å². The van der Waals surface area contributed by atoms with Crippen LogP contribution in [0.3, 0.4) is 0 Å². The molecule has 5 rings (SSSR count). The molecule has 2 aromatic heterocycles. The summed E-state index contributed by atoms with van der Waals surface area (Å²) in [5.41, 5.74) is 4.93. The summed E-state index contributed by atoms with van der Waals surface area (Å²) in [6.07, 6.45) is 0. The molecule has 0 fully saturated rings. The lowest BCUT2D eigenvalue weighted by Gasteiger charge is -2.12. The van der Waals surface area contributed by atoms with Crippen LogP contribution in [-0.4, -0.2) is 15.7 Å². The number of carbonyl (C=O) groups excluding carboxylic acids is 1. The van der Waals surface area contributed by atoms with E-state index in [-0.39, 0.29) is 5.56 Å². The Hall–Kier alpha value is -3.32. The Balaban J connectivity index is 1.58. The first kappa shape index (κ1) is 18.7. The molecule has 150 valence electrons. The summed E-state index contributed by atoms with van der Waals surface area (Å²) in [6.45, 7) is 4.10. The Morgan fingerprint density at radius 2 is 1.93 bits per heavy atom. The minimum absolute atomic E-state index is 0.0269. The normalized spacial score (nSPS) is 12.9. The molecule has 1 amide bonds. The summed E-state index contributed by atoms with van der Waals surface area (Å²) in [5, 5.41) is 8.36. The van der Waals surface area contributed by atoms with Gasteiger partial charge in [0.05, 0.1) is 11.4 Å². The van der Waals surface area contributed by atoms with E-state index in [0.29, 0.717) is 16.8 Å². The Labute approximate surface area is 176 Å². The third kappa shape index (κ3) is 3.11. The SMILES string of the molecule is Cc1ccc(-n2nc3c(c2NC(=O)c2cc4ccccc4oc2=O)CSC3)cc1C. The number of benzene rings is 2. The van der Waals surface area contributed by atoms with Crippen molar-refractivity contribution in [2.45, 2.75) is 25.4 Å². The Kier molecular flexibility index (Phi) is 4.47. The van der Waals surface area contributed by atoms with Gasteiger partial charge in [0.25, 0.3) is 5.91 Å². The zero-order valence-electron chi connectivity index (χ0n) is 16.6. The molecule has 0 saturated heterocycles. The standard InChI is InChI=1S/C23H19N3O3S/c1-13-7-8-16(9-14(13)2)26-21(18-11-30-12-19(18)25-26)24-22(27)17-10-15-5-3-4-6-20(15)29-23(17)28/h3-10H,11-12H2,1-2H3,(H,24,27). The maximum absolute atomic E-state index is 13.1. The molecular weight excluding hydrogens is 398 g/mol. The molecule has 4 aromatic rings. The summed E-state index contributed by atoms with van der Waals surface area (Å²) < 4.78 is 7.09. The van der Waals surface area contributed by atoms with Gasteiger partial charge in [0, 0.05) is 22.5 Å². The average molecular weight is 417 g/mol. The van der Waals surface area contributed by atoms with Gasteiger partial charge in [-0.3, -0.25) is 4.79 Å². The lowest BCUT2D eigenvalue weighted by atomic mass is 10.1. The minimum Gasteiger partial charge on any atom is -0.422 e. The number of thioether (sulfide) groups is 1. The van der Waals surface area contributed by atoms with E-state index in [2.05, 4.69) is 12.2 Å². The van der Waals surface area contributed by atoms with Crippen LogP contribution in [0, 0.1) is 13.8 Å². The number of hydrogen-bond acceptors (Lipinski definition) is 5. The van der Waals surface area contributed by atoms with Crippen molar-refractivity contribution in [3.8, 4) is 5.69 Å². The van der Waals surface area contributed by atoms with Crippen LogP contribution in [0.5, 0.6) is 0 Å². The van der Waals surface area contributed by atoms with E-state index >= 15 is 0 Å². The van der Waals surface area contributed by atoms with Crippen molar-refractivity contribution >= 4 is 34.5 Å². The maximum atomic E-state index is 13.1. The summed E-state index contributed by atoms with van der Waals surface area (Å²) in [6, 6.07) is 14.8. The second-order valence-electron chi connectivity index (χ2n) is 7.39. The Morgan fingerprint density at radius 1 is 1.10 bits per heavy atom. The molecule has 3 heterocycles.